The van der Waals surface area contributed by atoms with E-state index in [0.717, 1.165) is 79.3 Å². The fourth-order valence-corrected chi connectivity index (χ4v) is 7.73. The van der Waals surface area contributed by atoms with Gasteiger partial charge < -0.3 is 0 Å². The number of rotatable bonds is 7. The van der Waals surface area contributed by atoms with E-state index in [4.69, 9.17) is 0 Å². The van der Waals surface area contributed by atoms with Crippen LogP contribution in [0, 0.1) is 48.5 Å². The highest BCUT2D eigenvalue weighted by molar-refractivity contribution is 5.63. The van der Waals surface area contributed by atoms with E-state index in [1.54, 1.807) is 43.4 Å². The van der Waals surface area contributed by atoms with Crippen LogP contribution in [0.5, 0.6) is 0 Å². The van der Waals surface area contributed by atoms with Crippen LogP contribution in [0.1, 0.15) is 40.4 Å². The highest BCUT2D eigenvalue weighted by Gasteiger charge is 2.04. The van der Waals surface area contributed by atoms with Crippen LogP contribution in [0.3, 0.4) is 0 Å². The number of aryl methyl sites for hydroxylation is 7. The minimum absolute atomic E-state index is 0.619. The van der Waals surface area contributed by atoms with Gasteiger partial charge in [0, 0.05) is 124 Å². The Labute approximate surface area is 528 Å². The van der Waals surface area contributed by atoms with Gasteiger partial charge in [-0.15, -0.1) is 0 Å². The molecule has 20 heteroatoms. The summed E-state index contributed by atoms with van der Waals surface area (Å²) >= 11 is 0. The molecule has 0 aliphatic rings. The molecule has 0 spiro atoms. The molecule has 2 aromatic carbocycles. The quantitative estimate of drug-likeness (QED) is 0.144. The van der Waals surface area contributed by atoms with Gasteiger partial charge >= 0.3 is 0 Å². The standard InChI is InChI=1S/C12H11N.2C11H10N2.C10H9N3.3C9H8N4/c1-10-7-8-12(9-13-10)11-5-3-2-4-6-11;1-9-4-5-11(8-13-9)10-3-2-6-12-7-10;1-9-5-6-10(8-13-9)11-4-2-3-7-12-11;1-8-11-7-12-10(13-8)9-5-3-2-4-6-9;1-7-11-6-12-9(13-7)8-2-4-10-5-3-8;1-7-11-6-12-9(13-7)8-3-2-4-10-5-8;1-7-11-6-12-9(13-7)8-4-2-3-5-10-8/h2-9H,1H3;2*2-8H,1H3;2-7H,1H3;3*2-6H,1H3. The summed E-state index contributed by atoms with van der Waals surface area (Å²) in [6.45, 7) is 13.3. The molecular weight excluding hydrogens is 1130 g/mol. The van der Waals surface area contributed by atoms with Gasteiger partial charge in [-0.3, -0.25) is 39.9 Å². The number of hydrogen-bond donors (Lipinski definition) is 0. The van der Waals surface area contributed by atoms with Gasteiger partial charge in [-0.1, -0.05) is 91.0 Å². The van der Waals surface area contributed by atoms with Gasteiger partial charge in [-0.2, -0.15) is 0 Å². The van der Waals surface area contributed by atoms with Gasteiger partial charge in [-0.25, -0.2) is 59.8 Å². The van der Waals surface area contributed by atoms with E-state index in [1.165, 1.54) is 36.4 Å². The molecule has 0 unspecified atom stereocenters. The van der Waals surface area contributed by atoms with Gasteiger partial charge in [0.1, 0.15) is 54.3 Å². The largest absolute Gasteiger partial charge is 0.265 e. The Morgan fingerprint density at radius 3 is 0.978 bits per heavy atom. The summed E-state index contributed by atoms with van der Waals surface area (Å²) < 4.78 is 0. The van der Waals surface area contributed by atoms with Crippen molar-refractivity contribution in [2.75, 3.05) is 0 Å². The molecular formula is C71H64N20. The van der Waals surface area contributed by atoms with E-state index in [-0.39, 0.29) is 0 Å². The van der Waals surface area contributed by atoms with Crippen LogP contribution in [0.4, 0.5) is 0 Å². The average molecular weight is 1200 g/mol. The Morgan fingerprint density at radius 2 is 0.560 bits per heavy atom. The van der Waals surface area contributed by atoms with Gasteiger partial charge in [0.25, 0.3) is 0 Å². The molecule has 0 aliphatic carbocycles. The molecule has 12 heterocycles. The van der Waals surface area contributed by atoms with Crippen molar-refractivity contribution in [3.63, 3.8) is 0 Å². The molecule has 91 heavy (non-hydrogen) atoms. The maximum absolute atomic E-state index is 4.26. The van der Waals surface area contributed by atoms with E-state index >= 15 is 0 Å². The molecule has 0 N–H and O–H groups in total. The van der Waals surface area contributed by atoms with Crippen molar-refractivity contribution in [3.8, 4) is 79.2 Å². The average Bonchev–Trinajstić information content (AvgIpc) is 3.69. The Morgan fingerprint density at radius 1 is 0.198 bits per heavy atom. The lowest BCUT2D eigenvalue weighted by Crippen LogP contribution is -1.95. The minimum atomic E-state index is 0.619. The van der Waals surface area contributed by atoms with Gasteiger partial charge in [-0.05, 0) is 133 Å². The van der Waals surface area contributed by atoms with Gasteiger partial charge in [0.05, 0.1) is 5.69 Å². The van der Waals surface area contributed by atoms with Crippen LogP contribution in [0.15, 0.2) is 263 Å². The smallest absolute Gasteiger partial charge is 0.181 e. The summed E-state index contributed by atoms with van der Waals surface area (Å²) in [5.41, 5.74) is 13.4. The Balaban J connectivity index is 0.000000137. The second-order valence-corrected chi connectivity index (χ2v) is 19.4. The highest BCUT2D eigenvalue weighted by Crippen LogP contribution is 2.20. The van der Waals surface area contributed by atoms with Crippen molar-refractivity contribution in [2.45, 2.75) is 48.5 Å². The lowest BCUT2D eigenvalue weighted by Gasteiger charge is -2.00. The lowest BCUT2D eigenvalue weighted by molar-refractivity contribution is 0.974. The van der Waals surface area contributed by atoms with E-state index in [1.807, 2.05) is 219 Å². The first-order chi connectivity index (χ1) is 44.5. The van der Waals surface area contributed by atoms with Crippen molar-refractivity contribution in [1.82, 2.24) is 99.7 Å². The van der Waals surface area contributed by atoms with E-state index < -0.39 is 0 Å². The molecule has 0 saturated heterocycles. The minimum Gasteiger partial charge on any atom is -0.265 e. The van der Waals surface area contributed by atoms with Crippen LogP contribution in [0.2, 0.25) is 0 Å². The summed E-state index contributed by atoms with van der Waals surface area (Å²) in [5, 5.41) is 0. The molecule has 12 aromatic heterocycles. The van der Waals surface area contributed by atoms with Crippen LogP contribution in [-0.4, -0.2) is 99.7 Å². The second-order valence-electron chi connectivity index (χ2n) is 19.4. The van der Waals surface area contributed by atoms with Crippen molar-refractivity contribution in [2.24, 2.45) is 0 Å². The van der Waals surface area contributed by atoms with Crippen LogP contribution in [0.25, 0.3) is 79.2 Å². The second kappa shape index (κ2) is 35.3. The molecule has 0 radical (unpaired) electrons. The van der Waals surface area contributed by atoms with E-state index in [9.17, 15) is 0 Å². The fraction of sp³-hybridized carbons (Fsp3) is 0.0986. The normalized spacial score (nSPS) is 9.92. The maximum atomic E-state index is 4.26. The van der Waals surface area contributed by atoms with Crippen molar-refractivity contribution >= 4 is 0 Å². The molecule has 14 rings (SSSR count). The Hall–Kier alpha value is -12.3. The molecule has 0 bridgehead atoms. The zero-order valence-electron chi connectivity index (χ0n) is 51.3. The Kier molecular flexibility index (Phi) is 25.1. The molecule has 20 nitrogen and oxygen atoms in total. The van der Waals surface area contributed by atoms with Crippen LogP contribution < -0.4 is 0 Å². The zero-order valence-corrected chi connectivity index (χ0v) is 51.3. The maximum Gasteiger partial charge on any atom is 0.181 e. The summed E-state index contributed by atoms with van der Waals surface area (Å²) in [7, 11) is 0. The SMILES string of the molecule is Cc1ccc(-c2ccccc2)cn1.Cc1ccc(-c2ccccn2)cn1.Cc1ccc(-c2cccnc2)cn1.Cc1ncnc(-c2ccccc2)n1.Cc1ncnc(-c2ccccn2)n1.Cc1ncnc(-c2cccnc2)n1.Cc1ncnc(-c2ccncc2)n1. The highest BCUT2D eigenvalue weighted by atomic mass is 15.0. The first kappa shape index (κ1) is 64.7. The van der Waals surface area contributed by atoms with Crippen LogP contribution >= 0.6 is 0 Å². The molecule has 0 saturated carbocycles. The number of hydrogen-bond acceptors (Lipinski definition) is 20. The summed E-state index contributed by atoms with van der Waals surface area (Å²) in [4.78, 5) is 81.7. The van der Waals surface area contributed by atoms with Crippen LogP contribution in [-0.2, 0) is 0 Å². The summed E-state index contributed by atoms with van der Waals surface area (Å²) in [6.07, 6.45) is 25.7. The molecule has 448 valence electrons. The fourth-order valence-electron chi connectivity index (χ4n) is 7.73. The van der Waals surface area contributed by atoms with E-state index in [2.05, 4.69) is 124 Å². The van der Waals surface area contributed by atoms with Gasteiger partial charge in [0.2, 0.25) is 0 Å². The Bertz CT molecular complexity index is 3810. The molecule has 0 atom stereocenters. The molecule has 14 aromatic rings. The van der Waals surface area contributed by atoms with Crippen molar-refractivity contribution in [1.29, 1.82) is 0 Å². The summed E-state index contributed by atoms with van der Waals surface area (Å²) in [5.74, 6) is 5.59. The molecule has 0 fully saturated rings. The lowest BCUT2D eigenvalue weighted by atomic mass is 10.1. The third-order valence-electron chi connectivity index (χ3n) is 12.4. The monoisotopic (exact) mass is 1200 g/mol. The summed E-state index contributed by atoms with van der Waals surface area (Å²) in [6, 6.07) is 55.3. The zero-order chi connectivity index (χ0) is 63.7. The predicted molar refractivity (Wildman–Crippen MR) is 352 cm³/mol. The van der Waals surface area contributed by atoms with Crippen molar-refractivity contribution < 1.29 is 0 Å². The number of pyridine rings is 8. The first-order valence-corrected chi connectivity index (χ1v) is 28.6. The third-order valence-corrected chi connectivity index (χ3v) is 12.4. The third kappa shape index (κ3) is 22.2. The number of nitrogens with zero attached hydrogens (tertiary/aromatic N) is 20. The molecule has 0 aliphatic heterocycles. The number of benzene rings is 2. The molecule has 0 amide bonds. The van der Waals surface area contributed by atoms with Crippen molar-refractivity contribution in [3.05, 3.63) is 304 Å². The topological polar surface area (TPSA) is 258 Å². The first-order valence-electron chi connectivity index (χ1n) is 28.6. The van der Waals surface area contributed by atoms with E-state index in [0.29, 0.717) is 29.1 Å². The predicted octanol–water partition coefficient (Wildman–Crippen LogP) is 13.5. The van der Waals surface area contributed by atoms with Gasteiger partial charge in [0.15, 0.2) is 23.3 Å². The number of aromatic nitrogens is 20.